The molecule has 20 heavy (non-hydrogen) atoms. The Bertz CT molecular complexity index is 411. The van der Waals surface area contributed by atoms with E-state index in [1.807, 2.05) is 0 Å². The molecule has 1 saturated carbocycles. The second kappa shape index (κ2) is 6.60. The maximum absolute atomic E-state index is 12.4. The van der Waals surface area contributed by atoms with Gasteiger partial charge in [-0.3, -0.25) is 4.79 Å². The summed E-state index contributed by atoms with van der Waals surface area (Å²) in [5, 5.41) is 0. The largest absolute Gasteiger partial charge is 0.458 e. The van der Waals surface area contributed by atoms with Crippen molar-refractivity contribution >= 4 is 5.97 Å². The molecule has 0 amide bonds. The Balaban J connectivity index is 2.72. The van der Waals surface area contributed by atoms with Gasteiger partial charge in [-0.25, -0.2) is 0 Å². The average Bonchev–Trinajstić information content (AvgIpc) is 2.86. The van der Waals surface area contributed by atoms with Crippen molar-refractivity contribution in [3.63, 3.8) is 0 Å². The zero-order valence-corrected chi connectivity index (χ0v) is 14.1. The molecule has 3 atom stereocenters. The molecule has 1 fully saturated rings. The smallest absolute Gasteiger partial charge is 0.310 e. The molecule has 2 heteroatoms. The third-order valence-corrected chi connectivity index (χ3v) is 4.34. The fourth-order valence-electron chi connectivity index (χ4n) is 2.96. The van der Waals surface area contributed by atoms with Crippen molar-refractivity contribution in [2.24, 2.45) is 17.3 Å². The van der Waals surface area contributed by atoms with Gasteiger partial charge in [0.1, 0.15) is 6.10 Å². The van der Waals surface area contributed by atoms with Crippen molar-refractivity contribution in [2.75, 3.05) is 0 Å². The first-order valence-electron chi connectivity index (χ1n) is 7.77. The highest BCUT2D eigenvalue weighted by Gasteiger charge is 2.61. The van der Waals surface area contributed by atoms with E-state index in [4.69, 9.17) is 4.74 Å². The summed E-state index contributed by atoms with van der Waals surface area (Å²) >= 11 is 0. The Morgan fingerprint density at radius 2 is 1.85 bits per heavy atom. The zero-order chi connectivity index (χ0) is 15.5. The quantitative estimate of drug-likeness (QED) is 0.510. The molecule has 0 aromatic carbocycles. The molecule has 0 aromatic heterocycles. The Kier molecular flexibility index (Phi) is 5.61. The molecule has 0 radical (unpaired) electrons. The van der Waals surface area contributed by atoms with Crippen molar-refractivity contribution in [3.05, 3.63) is 23.3 Å². The normalized spacial score (nSPS) is 25.9. The fraction of sp³-hybridized carbons (Fsp3) is 0.722. The lowest BCUT2D eigenvalue weighted by molar-refractivity contribution is -0.150. The van der Waals surface area contributed by atoms with Crippen molar-refractivity contribution < 1.29 is 9.53 Å². The van der Waals surface area contributed by atoms with Crippen LogP contribution in [0.25, 0.3) is 0 Å². The van der Waals surface area contributed by atoms with E-state index in [9.17, 15) is 4.79 Å². The molecular formula is C18H30O2. The Morgan fingerprint density at radius 1 is 1.25 bits per heavy atom. The van der Waals surface area contributed by atoms with E-state index in [1.54, 1.807) is 0 Å². The van der Waals surface area contributed by atoms with E-state index >= 15 is 0 Å². The summed E-state index contributed by atoms with van der Waals surface area (Å²) < 4.78 is 5.75. The summed E-state index contributed by atoms with van der Waals surface area (Å²) in [7, 11) is 0. The lowest BCUT2D eigenvalue weighted by Gasteiger charge is -2.17. The van der Waals surface area contributed by atoms with Gasteiger partial charge in [0.15, 0.2) is 0 Å². The molecule has 0 bridgehead atoms. The summed E-state index contributed by atoms with van der Waals surface area (Å²) in [6.07, 6.45) is 6.12. The van der Waals surface area contributed by atoms with Gasteiger partial charge in [-0.2, -0.15) is 0 Å². The molecule has 1 rings (SSSR count). The predicted octanol–water partition coefficient (Wildman–Crippen LogP) is 4.90. The number of esters is 1. The average molecular weight is 278 g/mol. The van der Waals surface area contributed by atoms with Crippen molar-refractivity contribution in [1.82, 2.24) is 0 Å². The van der Waals surface area contributed by atoms with Crippen molar-refractivity contribution in [2.45, 2.75) is 67.4 Å². The zero-order valence-electron chi connectivity index (χ0n) is 14.1. The van der Waals surface area contributed by atoms with Gasteiger partial charge in [0.05, 0.1) is 5.92 Å². The minimum absolute atomic E-state index is 0.0147. The lowest BCUT2D eigenvalue weighted by atomic mass is 10.1. The lowest BCUT2D eigenvalue weighted by Crippen LogP contribution is -2.21. The standard InChI is InChI=1S/C18H30O2/c1-8-10-13(5)15(9-2)20-17(19)16-14(11-12(3)4)18(16,6)7/h10-11,14-16H,8-9H2,1-7H3/t14-,15-,16-/m1/s1. The fourth-order valence-corrected chi connectivity index (χ4v) is 2.96. The minimum atomic E-state index is -0.0637. The van der Waals surface area contributed by atoms with Crippen molar-refractivity contribution in [3.8, 4) is 0 Å². The highest BCUT2D eigenvalue weighted by molar-refractivity contribution is 5.78. The summed E-state index contributed by atoms with van der Waals surface area (Å²) in [6, 6.07) is 0. The second-order valence-corrected chi connectivity index (χ2v) is 6.76. The number of rotatable bonds is 6. The van der Waals surface area contributed by atoms with Gasteiger partial charge in [0.25, 0.3) is 0 Å². The first kappa shape index (κ1) is 17.0. The van der Waals surface area contributed by atoms with Crippen LogP contribution in [0.2, 0.25) is 0 Å². The molecule has 0 heterocycles. The number of hydrogen-bond donors (Lipinski definition) is 0. The summed E-state index contributed by atoms with van der Waals surface area (Å²) in [4.78, 5) is 12.4. The van der Waals surface area contributed by atoms with Gasteiger partial charge >= 0.3 is 5.97 Å². The maximum Gasteiger partial charge on any atom is 0.310 e. The van der Waals surface area contributed by atoms with E-state index in [1.165, 1.54) is 11.1 Å². The first-order chi connectivity index (χ1) is 9.25. The van der Waals surface area contributed by atoms with E-state index in [0.717, 1.165) is 12.8 Å². The molecule has 0 spiro atoms. The number of hydrogen-bond acceptors (Lipinski definition) is 2. The van der Waals surface area contributed by atoms with Gasteiger partial charge in [0.2, 0.25) is 0 Å². The van der Waals surface area contributed by atoms with E-state index in [-0.39, 0.29) is 23.4 Å². The second-order valence-electron chi connectivity index (χ2n) is 6.76. The Hall–Kier alpha value is -1.05. The maximum atomic E-state index is 12.4. The van der Waals surface area contributed by atoms with Gasteiger partial charge in [0, 0.05) is 0 Å². The van der Waals surface area contributed by atoms with Crippen molar-refractivity contribution in [1.29, 1.82) is 0 Å². The highest BCUT2D eigenvalue weighted by Crippen LogP contribution is 2.60. The Morgan fingerprint density at radius 3 is 2.30 bits per heavy atom. The minimum Gasteiger partial charge on any atom is -0.458 e. The molecule has 0 N–H and O–H groups in total. The third kappa shape index (κ3) is 3.74. The molecular weight excluding hydrogens is 248 g/mol. The summed E-state index contributed by atoms with van der Waals surface area (Å²) in [6.45, 7) is 14.7. The van der Waals surface area contributed by atoms with Crippen LogP contribution in [0.5, 0.6) is 0 Å². The van der Waals surface area contributed by atoms with Gasteiger partial charge in [-0.1, -0.05) is 45.4 Å². The molecule has 0 aliphatic heterocycles. The van der Waals surface area contributed by atoms with Crippen LogP contribution in [-0.4, -0.2) is 12.1 Å². The summed E-state index contributed by atoms with van der Waals surface area (Å²) in [5.74, 6) is 0.307. The van der Waals surface area contributed by atoms with Crippen LogP contribution in [0.3, 0.4) is 0 Å². The van der Waals surface area contributed by atoms with Crippen LogP contribution >= 0.6 is 0 Å². The third-order valence-electron chi connectivity index (χ3n) is 4.34. The van der Waals surface area contributed by atoms with Gasteiger partial charge < -0.3 is 4.74 Å². The van der Waals surface area contributed by atoms with Gasteiger partial charge in [-0.05, 0) is 50.5 Å². The molecule has 2 nitrogen and oxygen atoms in total. The molecule has 0 unspecified atom stereocenters. The van der Waals surface area contributed by atoms with Crippen LogP contribution < -0.4 is 0 Å². The monoisotopic (exact) mass is 278 g/mol. The van der Waals surface area contributed by atoms with E-state index < -0.39 is 0 Å². The summed E-state index contributed by atoms with van der Waals surface area (Å²) in [5.41, 5.74) is 2.47. The van der Waals surface area contributed by atoms with Crippen LogP contribution in [0.4, 0.5) is 0 Å². The van der Waals surface area contributed by atoms with E-state index in [0.29, 0.717) is 5.92 Å². The first-order valence-corrected chi connectivity index (χ1v) is 7.77. The molecule has 1 aliphatic carbocycles. The number of carbonyl (C=O) groups is 1. The SMILES string of the molecule is CCC=C(C)[C@@H](CC)OC(=O)[C@H]1[C@@H](C=C(C)C)C1(C)C. The number of ether oxygens (including phenoxy) is 1. The van der Waals surface area contributed by atoms with Gasteiger partial charge in [-0.15, -0.1) is 0 Å². The topological polar surface area (TPSA) is 26.3 Å². The van der Waals surface area contributed by atoms with Crippen LogP contribution in [0.1, 0.15) is 61.3 Å². The van der Waals surface area contributed by atoms with Crippen LogP contribution in [0, 0.1) is 17.3 Å². The predicted molar refractivity (Wildman–Crippen MR) is 84.4 cm³/mol. The van der Waals surface area contributed by atoms with E-state index in [2.05, 4.69) is 60.6 Å². The Labute approximate surface area is 124 Å². The molecule has 114 valence electrons. The molecule has 0 saturated heterocycles. The molecule has 1 aliphatic rings. The highest BCUT2D eigenvalue weighted by atomic mass is 16.5. The van der Waals surface area contributed by atoms with Crippen LogP contribution in [-0.2, 0) is 9.53 Å². The molecule has 0 aromatic rings. The number of carbonyl (C=O) groups excluding carboxylic acids is 1. The van der Waals surface area contributed by atoms with Crippen LogP contribution in [0.15, 0.2) is 23.3 Å². The number of allylic oxidation sites excluding steroid dienone is 3.